The maximum absolute atomic E-state index is 11.5. The van der Waals surface area contributed by atoms with Crippen LogP contribution in [0.4, 0.5) is 0 Å². The van der Waals surface area contributed by atoms with E-state index >= 15 is 0 Å². The number of esters is 1. The molecule has 0 saturated heterocycles. The Morgan fingerprint density at radius 2 is 1.18 bits per heavy atom. The van der Waals surface area contributed by atoms with E-state index in [1.807, 2.05) is 43.0 Å². The third kappa shape index (κ3) is 10.4. The number of thiophene rings is 1. The van der Waals surface area contributed by atoms with Gasteiger partial charge in [-0.15, -0.1) is 11.3 Å². The minimum Gasteiger partial charge on any atom is -0.494 e. The summed E-state index contributed by atoms with van der Waals surface area (Å²) in [5.74, 6) is 2.37. The Bertz CT molecular complexity index is 2420. The largest absolute Gasteiger partial charge is 0.494 e. The molecule has 3 aromatic carbocycles. The van der Waals surface area contributed by atoms with E-state index in [0.29, 0.717) is 29.7 Å². The summed E-state index contributed by atoms with van der Waals surface area (Å²) in [6.45, 7) is 15.6. The zero-order valence-corrected chi connectivity index (χ0v) is 38.2. The third-order valence-electron chi connectivity index (χ3n) is 12.3. The zero-order valence-electron chi connectivity index (χ0n) is 37.3. The molecule has 6 aromatic rings. The van der Waals surface area contributed by atoms with Gasteiger partial charge in [0.2, 0.25) is 0 Å². The molecule has 0 N–H and O–H groups in total. The van der Waals surface area contributed by atoms with Gasteiger partial charge in [-0.05, 0) is 127 Å². The average molecular weight is 847 g/mol. The fourth-order valence-corrected chi connectivity index (χ4v) is 9.82. The summed E-state index contributed by atoms with van der Waals surface area (Å²) in [5, 5.41) is 0. The average Bonchev–Trinajstić information content (AvgIpc) is 3.89. The van der Waals surface area contributed by atoms with Gasteiger partial charge in [-0.1, -0.05) is 109 Å². The lowest BCUT2D eigenvalue weighted by atomic mass is 9.66. The molecule has 0 bridgehead atoms. The Morgan fingerprint density at radius 1 is 0.645 bits per heavy atom. The molecule has 0 aliphatic heterocycles. The van der Waals surface area contributed by atoms with Gasteiger partial charge in [0.25, 0.3) is 0 Å². The lowest BCUT2D eigenvalue weighted by Gasteiger charge is -2.37. The molecule has 7 nitrogen and oxygen atoms in total. The highest BCUT2D eigenvalue weighted by atomic mass is 32.1. The Kier molecular flexibility index (Phi) is 15.1. The molecule has 0 fully saturated rings. The molecule has 1 atom stereocenters. The molecule has 1 aliphatic rings. The maximum atomic E-state index is 11.5. The van der Waals surface area contributed by atoms with Crippen LogP contribution in [-0.4, -0.2) is 39.1 Å². The van der Waals surface area contributed by atoms with Crippen molar-refractivity contribution in [1.82, 2.24) is 19.9 Å². The van der Waals surface area contributed by atoms with Gasteiger partial charge in [-0.2, -0.15) is 0 Å². The van der Waals surface area contributed by atoms with Gasteiger partial charge in [0.15, 0.2) is 11.6 Å². The van der Waals surface area contributed by atoms with Crippen molar-refractivity contribution >= 4 is 17.3 Å². The van der Waals surface area contributed by atoms with Crippen LogP contribution in [0.2, 0.25) is 0 Å². The predicted octanol–water partition coefficient (Wildman–Crippen LogP) is 14.4. The minimum absolute atomic E-state index is 0.123. The molecule has 1 aliphatic carbocycles. The molecule has 62 heavy (non-hydrogen) atoms. The summed E-state index contributed by atoms with van der Waals surface area (Å²) >= 11 is 1.85. The van der Waals surface area contributed by atoms with Crippen LogP contribution in [-0.2, 0) is 14.9 Å². The standard InChI is InChI=1S/C54H62N4O3S/c1-7-8-15-28-54(38(4)5)47-31-41(20-24-45(47)46-25-21-42(32-48(46)54)51-57-35-43(36-58-51)52-55-33-39(6)34-56-52)50-27-26-49(62-50)40-18-22-44(23-19-40)60-29-16-13-11-9-10-12-14-17-30-61-53(59)37(2)3/h18-27,31-36,38H,2,7-17,28-30H2,1,3-6H3. The van der Waals surface area contributed by atoms with Crippen LogP contribution < -0.4 is 4.74 Å². The molecule has 3 heterocycles. The number of nitrogens with zero attached hydrogens (tertiary/aromatic N) is 4. The van der Waals surface area contributed by atoms with Crippen LogP contribution in [0.5, 0.6) is 5.75 Å². The van der Waals surface area contributed by atoms with Gasteiger partial charge < -0.3 is 9.47 Å². The van der Waals surface area contributed by atoms with E-state index in [9.17, 15) is 4.79 Å². The normalized spacial score (nSPS) is 14.2. The maximum Gasteiger partial charge on any atom is 0.333 e. The van der Waals surface area contributed by atoms with Crippen LogP contribution in [0.15, 0.2) is 110 Å². The highest BCUT2D eigenvalue weighted by molar-refractivity contribution is 7.18. The first-order valence-electron chi connectivity index (χ1n) is 22.7. The van der Waals surface area contributed by atoms with Crippen LogP contribution in [0.3, 0.4) is 0 Å². The molecule has 7 rings (SSSR count). The number of aryl methyl sites for hydroxylation is 1. The molecular weight excluding hydrogens is 785 g/mol. The van der Waals surface area contributed by atoms with Crippen molar-refractivity contribution in [3.05, 3.63) is 126 Å². The van der Waals surface area contributed by atoms with E-state index in [1.54, 1.807) is 6.92 Å². The minimum atomic E-state index is -0.286. The van der Waals surface area contributed by atoms with Crippen LogP contribution >= 0.6 is 11.3 Å². The number of hydrogen-bond donors (Lipinski definition) is 0. The highest BCUT2D eigenvalue weighted by Crippen LogP contribution is 2.57. The van der Waals surface area contributed by atoms with Crippen LogP contribution in [0.1, 0.15) is 121 Å². The van der Waals surface area contributed by atoms with Gasteiger partial charge in [0, 0.05) is 51.1 Å². The first-order chi connectivity index (χ1) is 30.2. The van der Waals surface area contributed by atoms with E-state index in [4.69, 9.17) is 19.4 Å². The number of carbonyl (C=O) groups is 1. The number of benzene rings is 3. The topological polar surface area (TPSA) is 87.1 Å². The first kappa shape index (κ1) is 44.6. The van der Waals surface area contributed by atoms with Crippen molar-refractivity contribution in [3.63, 3.8) is 0 Å². The smallest absolute Gasteiger partial charge is 0.333 e. The lowest BCUT2D eigenvalue weighted by molar-refractivity contribution is -0.139. The summed E-state index contributed by atoms with van der Waals surface area (Å²) in [5.41, 5.74) is 11.2. The second-order valence-corrected chi connectivity index (χ2v) is 18.3. The summed E-state index contributed by atoms with van der Waals surface area (Å²) in [6.07, 6.45) is 21.1. The summed E-state index contributed by atoms with van der Waals surface area (Å²) in [4.78, 5) is 32.6. The molecule has 0 amide bonds. The fraction of sp³-hybridized carbons (Fsp3) is 0.389. The second kappa shape index (κ2) is 21.1. The molecule has 322 valence electrons. The fourth-order valence-electron chi connectivity index (χ4n) is 8.81. The lowest BCUT2D eigenvalue weighted by Crippen LogP contribution is -2.31. The van der Waals surface area contributed by atoms with E-state index in [1.165, 1.54) is 94.5 Å². The highest BCUT2D eigenvalue weighted by Gasteiger charge is 2.45. The van der Waals surface area contributed by atoms with E-state index in [2.05, 4.69) is 110 Å². The van der Waals surface area contributed by atoms with Crippen molar-refractivity contribution in [2.75, 3.05) is 13.2 Å². The quantitative estimate of drug-likeness (QED) is 0.0382. The molecule has 0 saturated carbocycles. The molecule has 0 radical (unpaired) electrons. The van der Waals surface area contributed by atoms with Crippen molar-refractivity contribution in [3.8, 4) is 60.5 Å². The van der Waals surface area contributed by atoms with Gasteiger partial charge in [0.05, 0.1) is 18.8 Å². The number of rotatable bonds is 22. The van der Waals surface area contributed by atoms with E-state index in [0.717, 1.165) is 54.7 Å². The summed E-state index contributed by atoms with van der Waals surface area (Å²) in [7, 11) is 0. The molecular formula is C54H62N4O3S. The van der Waals surface area contributed by atoms with Crippen molar-refractivity contribution in [2.24, 2.45) is 5.92 Å². The number of carbonyl (C=O) groups excluding carboxylic acids is 1. The Labute approximate surface area is 373 Å². The number of fused-ring (bicyclic) bond motifs is 3. The predicted molar refractivity (Wildman–Crippen MR) is 255 cm³/mol. The summed E-state index contributed by atoms with van der Waals surface area (Å²) in [6, 6.07) is 27.1. The molecule has 0 spiro atoms. The molecule has 3 aromatic heterocycles. The van der Waals surface area contributed by atoms with E-state index < -0.39 is 0 Å². The van der Waals surface area contributed by atoms with Gasteiger partial charge in [0.1, 0.15) is 5.75 Å². The van der Waals surface area contributed by atoms with Crippen LogP contribution in [0.25, 0.3) is 54.8 Å². The third-order valence-corrected chi connectivity index (χ3v) is 13.5. The monoisotopic (exact) mass is 846 g/mol. The van der Waals surface area contributed by atoms with Crippen molar-refractivity contribution < 1.29 is 14.3 Å². The van der Waals surface area contributed by atoms with Gasteiger partial charge in [-0.25, -0.2) is 24.7 Å². The molecule has 1 unspecified atom stereocenters. The number of ether oxygens (including phenoxy) is 2. The van der Waals surface area contributed by atoms with Gasteiger partial charge in [-0.3, -0.25) is 0 Å². The van der Waals surface area contributed by atoms with E-state index in [-0.39, 0.29) is 11.4 Å². The second-order valence-electron chi connectivity index (χ2n) is 17.3. The first-order valence-corrected chi connectivity index (χ1v) is 23.6. The number of hydrogen-bond acceptors (Lipinski definition) is 8. The number of unbranched alkanes of at least 4 members (excludes halogenated alkanes) is 9. The SMILES string of the molecule is C=C(C)C(=O)OCCCCCCCCCCOc1ccc(-c2ccc(-c3ccc4c(c3)C(CCCCC)(C(C)C)c3cc(-c5ncc(-c6ncc(C)cn6)cn5)ccc3-4)s2)cc1. The molecule has 8 heteroatoms. The Morgan fingerprint density at radius 3 is 1.79 bits per heavy atom. The zero-order chi connectivity index (χ0) is 43.5. The Hall–Kier alpha value is -5.47. The Balaban J connectivity index is 0.985. The summed E-state index contributed by atoms with van der Waals surface area (Å²) < 4.78 is 11.3. The number of aromatic nitrogens is 4. The van der Waals surface area contributed by atoms with Crippen molar-refractivity contribution in [2.45, 2.75) is 117 Å². The van der Waals surface area contributed by atoms with Gasteiger partial charge >= 0.3 is 5.97 Å². The van der Waals surface area contributed by atoms with Crippen LogP contribution in [0, 0.1) is 12.8 Å². The van der Waals surface area contributed by atoms with Crippen molar-refractivity contribution in [1.29, 1.82) is 0 Å².